The topological polar surface area (TPSA) is 77.3 Å². The number of hydrogen-bond donors (Lipinski definition) is 2. The molecule has 0 saturated carbocycles. The molecule has 0 aliphatic carbocycles. The van der Waals surface area contributed by atoms with Gasteiger partial charge in [-0.05, 0) is 29.8 Å². The van der Waals surface area contributed by atoms with E-state index < -0.39 is 11.7 Å². The van der Waals surface area contributed by atoms with E-state index in [1.807, 2.05) is 6.07 Å². The molecule has 2 rings (SSSR count). The van der Waals surface area contributed by atoms with Gasteiger partial charge in [-0.15, -0.1) is 0 Å². The number of nitrogens with one attached hydrogen (secondary N) is 2. The SMILES string of the molecule is N#Cc1ccc(C=NNC(=O)CNc2ccccc2F)cc1. The molecule has 5 nitrogen and oxygen atoms in total. The number of nitrogens with zero attached hydrogens (tertiary/aromatic N) is 2. The van der Waals surface area contributed by atoms with Gasteiger partial charge in [0.15, 0.2) is 0 Å². The van der Waals surface area contributed by atoms with Gasteiger partial charge < -0.3 is 5.32 Å². The number of para-hydroxylation sites is 1. The summed E-state index contributed by atoms with van der Waals surface area (Å²) in [5, 5.41) is 15.1. The Morgan fingerprint density at radius 1 is 1.23 bits per heavy atom. The number of nitriles is 1. The fourth-order valence-electron chi connectivity index (χ4n) is 1.64. The van der Waals surface area contributed by atoms with Gasteiger partial charge in [0.25, 0.3) is 5.91 Å². The second kappa shape index (κ2) is 7.55. The molecule has 22 heavy (non-hydrogen) atoms. The van der Waals surface area contributed by atoms with Crippen LogP contribution in [0, 0.1) is 17.1 Å². The van der Waals surface area contributed by atoms with Crippen LogP contribution < -0.4 is 10.7 Å². The molecule has 6 heteroatoms. The summed E-state index contributed by atoms with van der Waals surface area (Å²) in [5.74, 6) is -0.815. The molecule has 2 N–H and O–H groups in total. The predicted octanol–water partition coefficient (Wildman–Crippen LogP) is 2.26. The predicted molar refractivity (Wildman–Crippen MR) is 81.8 cm³/mol. The van der Waals surface area contributed by atoms with Crippen molar-refractivity contribution >= 4 is 17.8 Å². The summed E-state index contributed by atoms with van der Waals surface area (Å²) in [6.45, 7) is -0.0916. The Hall–Kier alpha value is -3.20. The molecule has 0 spiro atoms. The molecule has 0 fully saturated rings. The minimum absolute atomic E-state index is 0.0916. The number of hydrogen-bond acceptors (Lipinski definition) is 4. The monoisotopic (exact) mass is 296 g/mol. The highest BCUT2D eigenvalue weighted by Crippen LogP contribution is 2.11. The smallest absolute Gasteiger partial charge is 0.259 e. The standard InChI is InChI=1S/C16H13FN4O/c17-14-3-1-2-4-15(14)19-11-16(22)21-20-10-13-7-5-12(9-18)6-8-13/h1-8,10,19H,11H2,(H,21,22). The number of carbonyl (C=O) groups is 1. The van der Waals surface area contributed by atoms with Crippen LogP contribution in [-0.2, 0) is 4.79 Å². The number of halogens is 1. The van der Waals surface area contributed by atoms with E-state index in [4.69, 9.17) is 5.26 Å². The molecule has 0 radical (unpaired) electrons. The molecule has 2 aromatic rings. The van der Waals surface area contributed by atoms with Crippen molar-refractivity contribution in [3.8, 4) is 6.07 Å². The lowest BCUT2D eigenvalue weighted by molar-refractivity contribution is -0.119. The Morgan fingerprint density at radius 3 is 2.64 bits per heavy atom. The number of amides is 1. The summed E-state index contributed by atoms with van der Waals surface area (Å²) in [7, 11) is 0. The van der Waals surface area contributed by atoms with Crippen molar-refractivity contribution in [1.29, 1.82) is 5.26 Å². The van der Waals surface area contributed by atoms with E-state index in [9.17, 15) is 9.18 Å². The minimum Gasteiger partial charge on any atom is -0.374 e. The van der Waals surface area contributed by atoms with Crippen LogP contribution in [0.1, 0.15) is 11.1 Å². The van der Waals surface area contributed by atoms with Crippen LogP contribution in [0.3, 0.4) is 0 Å². The minimum atomic E-state index is -0.420. The zero-order valence-electron chi connectivity index (χ0n) is 11.6. The van der Waals surface area contributed by atoms with E-state index in [1.54, 1.807) is 42.5 Å². The van der Waals surface area contributed by atoms with Gasteiger partial charge in [0, 0.05) is 0 Å². The van der Waals surface area contributed by atoms with Crippen LogP contribution in [0.4, 0.5) is 10.1 Å². The summed E-state index contributed by atoms with van der Waals surface area (Å²) in [5.41, 5.74) is 3.89. The van der Waals surface area contributed by atoms with Gasteiger partial charge >= 0.3 is 0 Å². The zero-order valence-corrected chi connectivity index (χ0v) is 11.6. The average molecular weight is 296 g/mol. The number of anilines is 1. The maximum atomic E-state index is 13.3. The first-order chi connectivity index (χ1) is 10.7. The van der Waals surface area contributed by atoms with Gasteiger partial charge in [0.1, 0.15) is 5.82 Å². The average Bonchev–Trinajstić information content (AvgIpc) is 2.55. The molecule has 0 atom stereocenters. The van der Waals surface area contributed by atoms with E-state index >= 15 is 0 Å². The lowest BCUT2D eigenvalue weighted by atomic mass is 10.2. The van der Waals surface area contributed by atoms with Gasteiger partial charge in [-0.25, -0.2) is 9.82 Å². The molecule has 0 saturated heterocycles. The second-order valence-corrected chi connectivity index (χ2v) is 4.36. The third kappa shape index (κ3) is 4.42. The third-order valence-electron chi connectivity index (χ3n) is 2.76. The molecular weight excluding hydrogens is 283 g/mol. The van der Waals surface area contributed by atoms with Crippen LogP contribution >= 0.6 is 0 Å². The van der Waals surface area contributed by atoms with E-state index in [-0.39, 0.29) is 12.2 Å². The summed E-state index contributed by atoms with van der Waals surface area (Å²) in [4.78, 5) is 11.6. The van der Waals surface area contributed by atoms with Gasteiger partial charge in [0.05, 0.1) is 30.1 Å². The summed E-state index contributed by atoms with van der Waals surface area (Å²) in [6, 6.07) is 14.8. The van der Waals surface area contributed by atoms with Crippen LogP contribution in [-0.4, -0.2) is 18.7 Å². The largest absolute Gasteiger partial charge is 0.374 e. The molecule has 0 aliphatic rings. The maximum absolute atomic E-state index is 13.3. The molecule has 1 amide bonds. The van der Waals surface area contributed by atoms with Crippen molar-refractivity contribution < 1.29 is 9.18 Å². The Labute approximate surface area is 127 Å². The molecular formula is C16H13FN4O. The molecule has 0 aromatic heterocycles. The molecule has 0 aliphatic heterocycles. The van der Waals surface area contributed by atoms with Gasteiger partial charge in [-0.2, -0.15) is 10.4 Å². The number of hydrazone groups is 1. The first-order valence-corrected chi connectivity index (χ1v) is 6.49. The van der Waals surface area contributed by atoms with E-state index in [1.165, 1.54) is 12.3 Å². The van der Waals surface area contributed by atoms with Crippen molar-refractivity contribution in [2.45, 2.75) is 0 Å². The highest BCUT2D eigenvalue weighted by molar-refractivity contribution is 5.84. The Bertz CT molecular complexity index is 720. The number of carbonyl (C=O) groups excluding carboxylic acids is 1. The van der Waals surface area contributed by atoms with Crippen molar-refractivity contribution in [3.63, 3.8) is 0 Å². The van der Waals surface area contributed by atoms with E-state index in [2.05, 4.69) is 15.8 Å². The fraction of sp³-hybridized carbons (Fsp3) is 0.0625. The van der Waals surface area contributed by atoms with E-state index in [0.717, 1.165) is 5.56 Å². The van der Waals surface area contributed by atoms with Gasteiger partial charge in [-0.1, -0.05) is 24.3 Å². The molecule has 0 unspecified atom stereocenters. The summed E-state index contributed by atoms with van der Waals surface area (Å²) in [6.07, 6.45) is 1.46. The van der Waals surface area contributed by atoms with Crippen molar-refractivity contribution in [3.05, 3.63) is 65.5 Å². The fourth-order valence-corrected chi connectivity index (χ4v) is 1.64. The maximum Gasteiger partial charge on any atom is 0.259 e. The van der Waals surface area contributed by atoms with Crippen LogP contribution in [0.25, 0.3) is 0 Å². The summed E-state index contributed by atoms with van der Waals surface area (Å²) < 4.78 is 13.3. The van der Waals surface area contributed by atoms with Gasteiger partial charge in [-0.3, -0.25) is 4.79 Å². The number of benzene rings is 2. The van der Waals surface area contributed by atoms with Crippen molar-refractivity contribution in [2.24, 2.45) is 5.10 Å². The van der Waals surface area contributed by atoms with E-state index in [0.29, 0.717) is 5.56 Å². The highest BCUT2D eigenvalue weighted by Gasteiger charge is 2.02. The first-order valence-electron chi connectivity index (χ1n) is 6.49. The number of rotatable bonds is 5. The van der Waals surface area contributed by atoms with Crippen molar-refractivity contribution in [2.75, 3.05) is 11.9 Å². The second-order valence-electron chi connectivity index (χ2n) is 4.36. The van der Waals surface area contributed by atoms with Crippen LogP contribution in [0.2, 0.25) is 0 Å². The highest BCUT2D eigenvalue weighted by atomic mass is 19.1. The molecule has 110 valence electrons. The summed E-state index contributed by atoms with van der Waals surface area (Å²) >= 11 is 0. The quantitative estimate of drug-likeness (QED) is 0.656. The molecule has 2 aromatic carbocycles. The molecule has 0 bridgehead atoms. The van der Waals surface area contributed by atoms with Gasteiger partial charge in [0.2, 0.25) is 0 Å². The van der Waals surface area contributed by atoms with Crippen molar-refractivity contribution in [1.82, 2.24) is 5.43 Å². The van der Waals surface area contributed by atoms with Crippen LogP contribution in [0.5, 0.6) is 0 Å². The Kier molecular flexibility index (Phi) is 5.21. The lowest BCUT2D eigenvalue weighted by Crippen LogP contribution is -2.26. The third-order valence-corrected chi connectivity index (χ3v) is 2.76. The lowest BCUT2D eigenvalue weighted by Gasteiger charge is -2.05. The van der Waals surface area contributed by atoms with Crippen LogP contribution in [0.15, 0.2) is 53.6 Å². The zero-order chi connectivity index (χ0) is 15.8. The normalized spacial score (nSPS) is 10.2. The Morgan fingerprint density at radius 2 is 1.95 bits per heavy atom. The Balaban J connectivity index is 1.81. The molecule has 0 heterocycles. The first kappa shape index (κ1) is 15.2.